The van der Waals surface area contributed by atoms with Crippen LogP contribution in [0.25, 0.3) is 0 Å². The van der Waals surface area contributed by atoms with Crippen molar-refractivity contribution in [2.45, 2.75) is 112 Å². The molecule has 0 aromatic rings. The number of hydrogen-bond acceptors (Lipinski definition) is 0. The van der Waals surface area contributed by atoms with Gasteiger partial charge in [-0.2, -0.15) is 0 Å². The predicted octanol–water partition coefficient (Wildman–Crippen LogP) is 8.06. The molecule has 24 heavy (non-hydrogen) atoms. The van der Waals surface area contributed by atoms with E-state index in [4.69, 9.17) is 0 Å². The Hall–Kier alpha value is -0.0700. The third kappa shape index (κ3) is 6.34. The smallest absolute Gasteiger partial charge is 0.102 e. The summed E-state index contributed by atoms with van der Waals surface area (Å²) in [7, 11) is 0. The average molecular weight is 341 g/mol. The van der Waals surface area contributed by atoms with Gasteiger partial charge < -0.3 is 0 Å². The van der Waals surface area contributed by atoms with Crippen LogP contribution < -0.4 is 0 Å². The summed E-state index contributed by atoms with van der Waals surface area (Å²) in [6.45, 7) is 16.9. The van der Waals surface area contributed by atoms with Gasteiger partial charge in [-0.05, 0) is 81.5 Å². The van der Waals surface area contributed by atoms with Crippen LogP contribution in [0.1, 0.15) is 107 Å². The van der Waals surface area contributed by atoms with E-state index >= 15 is 0 Å². The van der Waals surface area contributed by atoms with Gasteiger partial charge in [0.05, 0.1) is 0 Å². The number of halogens is 1. The third-order valence-electron chi connectivity index (χ3n) is 7.05. The minimum Gasteiger partial charge on any atom is -0.245 e. The quantitative estimate of drug-likeness (QED) is 0.458. The van der Waals surface area contributed by atoms with Crippen molar-refractivity contribution < 1.29 is 4.39 Å². The van der Waals surface area contributed by atoms with E-state index in [0.29, 0.717) is 0 Å². The second-order valence-electron chi connectivity index (χ2n) is 10.2. The van der Waals surface area contributed by atoms with Gasteiger partial charge in [-0.25, -0.2) is 4.39 Å². The van der Waals surface area contributed by atoms with Crippen molar-refractivity contribution in [1.82, 2.24) is 0 Å². The lowest BCUT2D eigenvalue weighted by Gasteiger charge is -2.58. The molecule has 6 unspecified atom stereocenters. The predicted molar refractivity (Wildman–Crippen MR) is 106 cm³/mol. The molecule has 0 bridgehead atoms. The molecule has 2 aliphatic carbocycles. The summed E-state index contributed by atoms with van der Waals surface area (Å²) in [4.78, 5) is 0. The summed E-state index contributed by atoms with van der Waals surface area (Å²) >= 11 is 0. The Morgan fingerprint density at radius 1 is 1.04 bits per heavy atom. The molecule has 0 aromatic carbocycles. The molecule has 6 atom stereocenters. The Kier molecular flexibility index (Phi) is 8.27. The van der Waals surface area contributed by atoms with Crippen LogP contribution in [-0.4, -0.2) is 5.67 Å². The zero-order valence-electron chi connectivity index (χ0n) is 17.9. The second kappa shape index (κ2) is 9.04. The largest absolute Gasteiger partial charge is 0.245 e. The standard InChI is InChI=1S/C19H36.C4H9F/c1-6-14(3)8-9-15(4)17-10-12-19(5)13-11-18(19)16(17)7-2;1-4(2,3)5/h14-18H,6-13H2,1-5H3;1-3H3. The van der Waals surface area contributed by atoms with Crippen LogP contribution in [0.15, 0.2) is 0 Å². The molecule has 0 heterocycles. The first kappa shape index (κ1) is 22.0. The van der Waals surface area contributed by atoms with Gasteiger partial charge in [0.25, 0.3) is 0 Å². The first-order valence-corrected chi connectivity index (χ1v) is 10.7. The van der Waals surface area contributed by atoms with Gasteiger partial charge in [0, 0.05) is 0 Å². The van der Waals surface area contributed by atoms with Gasteiger partial charge in [0.15, 0.2) is 0 Å². The first-order chi connectivity index (χ1) is 11.0. The molecule has 0 radical (unpaired) electrons. The maximum absolute atomic E-state index is 11.7. The van der Waals surface area contributed by atoms with Gasteiger partial charge in [-0.3, -0.25) is 0 Å². The van der Waals surface area contributed by atoms with Crippen LogP contribution in [0.5, 0.6) is 0 Å². The van der Waals surface area contributed by atoms with Crippen molar-refractivity contribution >= 4 is 0 Å². The van der Waals surface area contributed by atoms with E-state index in [0.717, 1.165) is 35.0 Å². The van der Waals surface area contributed by atoms with Crippen LogP contribution in [0.4, 0.5) is 4.39 Å². The molecule has 2 rings (SSSR count). The summed E-state index contributed by atoms with van der Waals surface area (Å²) in [5, 5.41) is 0. The summed E-state index contributed by atoms with van der Waals surface area (Å²) in [6, 6.07) is 0. The number of hydrogen-bond donors (Lipinski definition) is 0. The van der Waals surface area contributed by atoms with Gasteiger partial charge in [-0.1, -0.05) is 60.3 Å². The average Bonchev–Trinajstić information content (AvgIpc) is 2.47. The maximum atomic E-state index is 11.7. The molecule has 0 nitrogen and oxygen atoms in total. The van der Waals surface area contributed by atoms with E-state index < -0.39 is 5.67 Å². The number of rotatable bonds is 6. The highest BCUT2D eigenvalue weighted by Crippen LogP contribution is 2.61. The van der Waals surface area contributed by atoms with Crippen LogP contribution in [0.3, 0.4) is 0 Å². The van der Waals surface area contributed by atoms with Gasteiger partial charge >= 0.3 is 0 Å². The Balaban J connectivity index is 0.000000505. The van der Waals surface area contributed by atoms with E-state index in [1.54, 1.807) is 0 Å². The Labute approximate surface area is 152 Å². The number of fused-ring (bicyclic) bond motifs is 1. The molecule has 0 aliphatic heterocycles. The fourth-order valence-corrected chi connectivity index (χ4v) is 5.11. The van der Waals surface area contributed by atoms with E-state index in [-0.39, 0.29) is 0 Å². The summed E-state index contributed by atoms with van der Waals surface area (Å²) in [6.07, 6.45) is 11.8. The highest BCUT2D eigenvalue weighted by atomic mass is 19.1. The van der Waals surface area contributed by atoms with Crippen molar-refractivity contribution in [2.24, 2.45) is 35.0 Å². The molecule has 0 saturated heterocycles. The molecule has 0 N–H and O–H groups in total. The lowest BCUT2D eigenvalue weighted by atomic mass is 9.47. The van der Waals surface area contributed by atoms with E-state index in [1.165, 1.54) is 72.1 Å². The zero-order valence-corrected chi connectivity index (χ0v) is 17.9. The second-order valence-corrected chi connectivity index (χ2v) is 10.2. The fourth-order valence-electron chi connectivity index (χ4n) is 5.11. The van der Waals surface area contributed by atoms with Crippen LogP contribution in [0.2, 0.25) is 0 Å². The van der Waals surface area contributed by atoms with Crippen LogP contribution in [0, 0.1) is 35.0 Å². The Morgan fingerprint density at radius 3 is 2.00 bits per heavy atom. The molecular weight excluding hydrogens is 295 g/mol. The lowest BCUT2D eigenvalue weighted by Crippen LogP contribution is -2.49. The Morgan fingerprint density at radius 2 is 1.58 bits per heavy atom. The van der Waals surface area contributed by atoms with E-state index in [9.17, 15) is 4.39 Å². The third-order valence-corrected chi connectivity index (χ3v) is 7.05. The monoisotopic (exact) mass is 340 g/mol. The van der Waals surface area contributed by atoms with Crippen molar-refractivity contribution in [3.63, 3.8) is 0 Å². The van der Waals surface area contributed by atoms with Gasteiger partial charge in [0.1, 0.15) is 5.67 Å². The molecule has 0 aromatic heterocycles. The minimum absolute atomic E-state index is 0.744. The molecule has 0 amide bonds. The molecule has 2 fully saturated rings. The molecule has 2 aliphatic rings. The number of alkyl halides is 1. The zero-order chi connectivity index (χ0) is 18.5. The van der Waals surface area contributed by atoms with Gasteiger partial charge in [-0.15, -0.1) is 0 Å². The van der Waals surface area contributed by atoms with E-state index in [1.807, 2.05) is 0 Å². The van der Waals surface area contributed by atoms with Gasteiger partial charge in [0.2, 0.25) is 0 Å². The topological polar surface area (TPSA) is 0 Å². The highest BCUT2D eigenvalue weighted by Gasteiger charge is 2.51. The van der Waals surface area contributed by atoms with Crippen molar-refractivity contribution in [1.29, 1.82) is 0 Å². The van der Waals surface area contributed by atoms with Crippen molar-refractivity contribution in [3.8, 4) is 0 Å². The highest BCUT2D eigenvalue weighted by molar-refractivity contribution is 5.01. The van der Waals surface area contributed by atoms with E-state index in [2.05, 4.69) is 34.6 Å². The first-order valence-electron chi connectivity index (χ1n) is 10.7. The molecular formula is C23H45F. The van der Waals surface area contributed by atoms with Crippen LogP contribution >= 0.6 is 0 Å². The molecule has 0 spiro atoms. The van der Waals surface area contributed by atoms with Crippen molar-refractivity contribution in [3.05, 3.63) is 0 Å². The molecule has 144 valence electrons. The summed E-state index contributed by atoms with van der Waals surface area (Å²) < 4.78 is 11.7. The van der Waals surface area contributed by atoms with Crippen LogP contribution in [-0.2, 0) is 0 Å². The summed E-state index contributed by atoms with van der Waals surface area (Å²) in [5.41, 5.74) is -0.256. The van der Waals surface area contributed by atoms with Crippen molar-refractivity contribution in [2.75, 3.05) is 0 Å². The minimum atomic E-state index is -1.00. The maximum Gasteiger partial charge on any atom is 0.102 e. The lowest BCUT2D eigenvalue weighted by molar-refractivity contribution is -0.0835. The Bertz CT molecular complexity index is 350. The normalized spacial score (nSPS) is 35.1. The SMILES string of the molecule is CC(C)(C)F.CCC(C)CCC(C)C1CCC2(C)CCC2C1CC. The summed E-state index contributed by atoms with van der Waals surface area (Å²) in [5.74, 6) is 5.04. The fraction of sp³-hybridized carbons (Fsp3) is 1.00. The molecule has 1 heteroatoms. The molecule has 2 saturated carbocycles.